The maximum atomic E-state index is 11.1. The quantitative estimate of drug-likeness (QED) is 0.720. The molecule has 1 heterocycles. The van der Waals surface area contributed by atoms with Gasteiger partial charge in [0.2, 0.25) is 0 Å². The predicted molar refractivity (Wildman–Crippen MR) is 61.8 cm³/mol. The Hall–Kier alpha value is -1.36. The van der Waals surface area contributed by atoms with Gasteiger partial charge in [-0.25, -0.2) is 0 Å². The van der Waals surface area contributed by atoms with Gasteiger partial charge >= 0.3 is 5.97 Å². The van der Waals surface area contributed by atoms with Crippen molar-refractivity contribution in [3.8, 4) is 0 Å². The number of aliphatic carboxylic acids is 1. The van der Waals surface area contributed by atoms with Gasteiger partial charge in [0.25, 0.3) is 0 Å². The Morgan fingerprint density at radius 2 is 2.12 bits per heavy atom. The number of fused-ring (bicyclic) bond motifs is 1. The van der Waals surface area contributed by atoms with Crippen LogP contribution in [-0.2, 0) is 23.1 Å². The Morgan fingerprint density at radius 1 is 1.41 bits per heavy atom. The SMILES string of the molecule is NC(C(=O)O)C1(c2n[nH]c3c2CCCC3)CC1. The molecule has 0 radical (unpaired) electrons. The molecule has 2 aliphatic rings. The minimum absolute atomic E-state index is 0.396. The summed E-state index contributed by atoms with van der Waals surface area (Å²) < 4.78 is 0. The summed E-state index contributed by atoms with van der Waals surface area (Å²) in [5.74, 6) is -0.921. The summed E-state index contributed by atoms with van der Waals surface area (Å²) in [4.78, 5) is 11.1. The van der Waals surface area contributed by atoms with E-state index in [1.807, 2.05) is 0 Å². The van der Waals surface area contributed by atoms with E-state index >= 15 is 0 Å². The fourth-order valence-electron chi connectivity index (χ4n) is 2.96. The first-order chi connectivity index (χ1) is 8.15. The number of hydrogen-bond donors (Lipinski definition) is 3. The van der Waals surface area contributed by atoms with Crippen molar-refractivity contribution in [2.45, 2.75) is 50.0 Å². The number of nitrogens with zero attached hydrogens (tertiary/aromatic N) is 1. The summed E-state index contributed by atoms with van der Waals surface area (Å²) in [6.07, 6.45) is 6.08. The Balaban J connectivity index is 1.99. The molecule has 0 spiro atoms. The highest BCUT2D eigenvalue weighted by Crippen LogP contribution is 2.51. The molecule has 1 unspecified atom stereocenters. The summed E-state index contributed by atoms with van der Waals surface area (Å²) >= 11 is 0. The predicted octanol–water partition coefficient (Wildman–Crippen LogP) is 0.732. The van der Waals surface area contributed by atoms with Crippen LogP contribution < -0.4 is 5.73 Å². The van der Waals surface area contributed by atoms with Gasteiger partial charge in [-0.1, -0.05) is 0 Å². The molecule has 3 rings (SSSR count). The molecule has 2 aliphatic carbocycles. The molecule has 1 atom stereocenters. The number of rotatable bonds is 3. The molecule has 0 aliphatic heterocycles. The third-order valence-electron chi connectivity index (χ3n) is 4.18. The van der Waals surface area contributed by atoms with Gasteiger partial charge in [0.15, 0.2) is 0 Å². The number of carboxylic acid groups (broad SMARTS) is 1. The van der Waals surface area contributed by atoms with Crippen LogP contribution in [-0.4, -0.2) is 27.3 Å². The van der Waals surface area contributed by atoms with Crippen molar-refractivity contribution < 1.29 is 9.90 Å². The Kier molecular flexibility index (Phi) is 2.26. The number of hydrogen-bond acceptors (Lipinski definition) is 3. The lowest BCUT2D eigenvalue weighted by Crippen LogP contribution is -2.42. The molecular weight excluding hydrogens is 218 g/mol. The fraction of sp³-hybridized carbons (Fsp3) is 0.667. The smallest absolute Gasteiger partial charge is 0.321 e. The highest BCUT2D eigenvalue weighted by atomic mass is 16.4. The van der Waals surface area contributed by atoms with E-state index in [2.05, 4.69) is 10.2 Å². The zero-order valence-corrected chi connectivity index (χ0v) is 9.70. The van der Waals surface area contributed by atoms with Crippen LogP contribution in [0.15, 0.2) is 0 Å². The average molecular weight is 235 g/mol. The highest BCUT2D eigenvalue weighted by molar-refractivity contribution is 5.77. The molecule has 4 N–H and O–H groups in total. The van der Waals surface area contributed by atoms with E-state index in [1.54, 1.807) is 0 Å². The van der Waals surface area contributed by atoms with Crippen LogP contribution in [0.25, 0.3) is 0 Å². The summed E-state index contributed by atoms with van der Waals surface area (Å²) in [5, 5.41) is 16.5. The minimum Gasteiger partial charge on any atom is -0.480 e. The molecule has 17 heavy (non-hydrogen) atoms. The third kappa shape index (κ3) is 1.49. The Bertz CT molecular complexity index is 462. The standard InChI is InChI=1S/C12H17N3O2/c13-9(11(16)17)12(5-6-12)10-7-3-1-2-4-8(7)14-15-10/h9H,1-6,13H2,(H,14,15)(H,16,17). The maximum Gasteiger partial charge on any atom is 0.321 e. The van der Waals surface area contributed by atoms with Crippen molar-refractivity contribution in [1.82, 2.24) is 10.2 Å². The molecule has 5 nitrogen and oxygen atoms in total. The molecule has 1 aromatic rings. The van der Waals surface area contributed by atoms with Crippen LogP contribution in [0.4, 0.5) is 0 Å². The monoisotopic (exact) mass is 235 g/mol. The molecule has 1 saturated carbocycles. The zero-order valence-electron chi connectivity index (χ0n) is 9.70. The first kappa shape index (κ1) is 10.8. The molecule has 0 amide bonds. The second-order valence-corrected chi connectivity index (χ2v) is 5.21. The number of H-pyrrole nitrogens is 1. The summed E-state index contributed by atoms with van der Waals surface area (Å²) in [7, 11) is 0. The first-order valence-electron chi connectivity index (χ1n) is 6.20. The topological polar surface area (TPSA) is 92.0 Å². The fourth-order valence-corrected chi connectivity index (χ4v) is 2.96. The van der Waals surface area contributed by atoms with Crippen molar-refractivity contribution in [2.75, 3.05) is 0 Å². The van der Waals surface area contributed by atoms with Gasteiger partial charge in [0.05, 0.1) is 5.69 Å². The van der Waals surface area contributed by atoms with Gasteiger partial charge in [-0.15, -0.1) is 0 Å². The van der Waals surface area contributed by atoms with E-state index in [0.29, 0.717) is 0 Å². The number of carbonyl (C=O) groups is 1. The largest absolute Gasteiger partial charge is 0.480 e. The van der Waals surface area contributed by atoms with E-state index in [-0.39, 0.29) is 0 Å². The molecule has 1 fully saturated rings. The van der Waals surface area contributed by atoms with Crippen molar-refractivity contribution in [3.05, 3.63) is 17.0 Å². The second-order valence-electron chi connectivity index (χ2n) is 5.21. The molecule has 0 aromatic carbocycles. The van der Waals surface area contributed by atoms with Crippen LogP contribution in [0.3, 0.4) is 0 Å². The lowest BCUT2D eigenvalue weighted by Gasteiger charge is -2.20. The molecule has 0 bridgehead atoms. The average Bonchev–Trinajstić information content (AvgIpc) is 3.02. The Labute approximate surface area is 99.4 Å². The Morgan fingerprint density at radius 3 is 2.76 bits per heavy atom. The van der Waals surface area contributed by atoms with Crippen molar-refractivity contribution in [2.24, 2.45) is 5.73 Å². The number of aromatic amines is 1. The van der Waals surface area contributed by atoms with Crippen molar-refractivity contribution >= 4 is 5.97 Å². The van der Waals surface area contributed by atoms with Crippen LogP contribution in [0.1, 0.15) is 42.6 Å². The lowest BCUT2D eigenvalue weighted by atomic mass is 9.86. The molecule has 5 heteroatoms. The second kappa shape index (κ2) is 3.57. The molecule has 92 valence electrons. The van der Waals surface area contributed by atoms with E-state index in [1.165, 1.54) is 17.7 Å². The summed E-state index contributed by atoms with van der Waals surface area (Å²) in [6.45, 7) is 0. The summed E-state index contributed by atoms with van der Waals surface area (Å²) in [6, 6.07) is -0.822. The molecule has 1 aromatic heterocycles. The van der Waals surface area contributed by atoms with E-state index < -0.39 is 17.4 Å². The van der Waals surface area contributed by atoms with Crippen LogP contribution in [0, 0.1) is 0 Å². The van der Waals surface area contributed by atoms with E-state index in [0.717, 1.165) is 37.8 Å². The molecule has 0 saturated heterocycles. The number of carboxylic acids is 1. The van der Waals surface area contributed by atoms with Gasteiger partial charge in [-0.3, -0.25) is 9.89 Å². The number of aryl methyl sites for hydroxylation is 1. The lowest BCUT2D eigenvalue weighted by molar-refractivity contribution is -0.139. The highest BCUT2D eigenvalue weighted by Gasteiger charge is 2.55. The summed E-state index contributed by atoms with van der Waals surface area (Å²) in [5.41, 5.74) is 8.80. The van der Waals surface area contributed by atoms with Crippen LogP contribution in [0.2, 0.25) is 0 Å². The van der Waals surface area contributed by atoms with Gasteiger partial charge in [-0.2, -0.15) is 5.10 Å². The molecular formula is C12H17N3O2. The van der Waals surface area contributed by atoms with Gasteiger partial charge in [0, 0.05) is 11.1 Å². The van der Waals surface area contributed by atoms with Gasteiger partial charge < -0.3 is 10.8 Å². The van der Waals surface area contributed by atoms with E-state index in [4.69, 9.17) is 10.8 Å². The van der Waals surface area contributed by atoms with Gasteiger partial charge in [0.1, 0.15) is 6.04 Å². The van der Waals surface area contributed by atoms with Crippen LogP contribution >= 0.6 is 0 Å². The van der Waals surface area contributed by atoms with E-state index in [9.17, 15) is 4.79 Å². The van der Waals surface area contributed by atoms with Crippen molar-refractivity contribution in [1.29, 1.82) is 0 Å². The number of nitrogens with one attached hydrogen (secondary N) is 1. The van der Waals surface area contributed by atoms with Crippen molar-refractivity contribution in [3.63, 3.8) is 0 Å². The third-order valence-corrected chi connectivity index (χ3v) is 4.18. The normalized spacial score (nSPS) is 22.9. The maximum absolute atomic E-state index is 11.1. The zero-order chi connectivity index (χ0) is 12.0. The van der Waals surface area contributed by atoms with Gasteiger partial charge in [-0.05, 0) is 44.1 Å². The number of nitrogens with two attached hydrogens (primary N) is 1. The number of aromatic nitrogens is 2. The van der Waals surface area contributed by atoms with Crippen LogP contribution in [0.5, 0.6) is 0 Å². The minimum atomic E-state index is -0.921. The first-order valence-corrected chi connectivity index (χ1v) is 6.20.